The molecule has 0 amide bonds. The zero-order valence-electron chi connectivity index (χ0n) is 11.6. The highest BCUT2D eigenvalue weighted by Crippen LogP contribution is 2.24. The number of carbonyl (C=O) groups is 1. The fourth-order valence-corrected chi connectivity index (χ4v) is 2.24. The molecule has 0 saturated carbocycles. The first-order valence-electron chi connectivity index (χ1n) is 6.87. The molecule has 1 atom stereocenters. The first-order valence-corrected chi connectivity index (χ1v) is 6.87. The van der Waals surface area contributed by atoms with Gasteiger partial charge in [0.05, 0.1) is 19.8 Å². The van der Waals surface area contributed by atoms with Crippen molar-refractivity contribution in [3.63, 3.8) is 0 Å². The topological polar surface area (TPSA) is 47.6 Å². The predicted molar refractivity (Wildman–Crippen MR) is 73.9 cm³/mol. The first-order chi connectivity index (χ1) is 9.24. The van der Waals surface area contributed by atoms with Crippen molar-refractivity contribution >= 4 is 11.7 Å². The van der Waals surface area contributed by atoms with Gasteiger partial charge in [-0.25, -0.2) is 4.79 Å². The van der Waals surface area contributed by atoms with Gasteiger partial charge in [-0.2, -0.15) is 0 Å². The summed E-state index contributed by atoms with van der Waals surface area (Å²) in [6.45, 7) is 5.64. The molecule has 1 heterocycles. The van der Waals surface area contributed by atoms with Crippen LogP contribution in [0.25, 0.3) is 0 Å². The van der Waals surface area contributed by atoms with Crippen molar-refractivity contribution in [2.45, 2.75) is 45.9 Å². The highest BCUT2D eigenvalue weighted by molar-refractivity contribution is 5.79. The summed E-state index contributed by atoms with van der Waals surface area (Å²) in [6, 6.07) is 5.84. The van der Waals surface area contributed by atoms with E-state index in [-0.39, 0.29) is 12.0 Å². The fraction of sp³-hybridized carbons (Fsp3) is 0.533. The van der Waals surface area contributed by atoms with Gasteiger partial charge < -0.3 is 14.8 Å². The third-order valence-corrected chi connectivity index (χ3v) is 3.21. The molecular formula is C15H21NO3. The molecule has 1 N–H and O–H groups in total. The van der Waals surface area contributed by atoms with E-state index in [0.717, 1.165) is 18.5 Å². The van der Waals surface area contributed by atoms with Crippen molar-refractivity contribution in [1.29, 1.82) is 0 Å². The minimum Gasteiger partial charge on any atom is -0.464 e. The van der Waals surface area contributed by atoms with E-state index in [1.54, 1.807) is 0 Å². The number of fused-ring (bicyclic) bond motifs is 1. The molecule has 1 unspecified atom stereocenters. The second-order valence-electron chi connectivity index (χ2n) is 4.71. The van der Waals surface area contributed by atoms with Crippen LogP contribution in [0.4, 0.5) is 5.69 Å². The maximum absolute atomic E-state index is 11.9. The van der Waals surface area contributed by atoms with Crippen molar-refractivity contribution in [1.82, 2.24) is 0 Å². The van der Waals surface area contributed by atoms with Crippen molar-refractivity contribution in [2.75, 3.05) is 11.9 Å². The molecule has 0 aliphatic carbocycles. The third-order valence-electron chi connectivity index (χ3n) is 3.21. The van der Waals surface area contributed by atoms with E-state index in [1.807, 2.05) is 13.0 Å². The SMILES string of the molecule is CCCC(Nc1ccc2c(c1)COC2)C(=O)OCC. The molecule has 2 rings (SSSR count). The summed E-state index contributed by atoms with van der Waals surface area (Å²) in [5.74, 6) is -0.180. The van der Waals surface area contributed by atoms with E-state index in [0.29, 0.717) is 19.8 Å². The maximum atomic E-state index is 11.9. The molecular weight excluding hydrogens is 242 g/mol. The van der Waals surface area contributed by atoms with Gasteiger partial charge in [-0.05, 0) is 36.6 Å². The van der Waals surface area contributed by atoms with Gasteiger partial charge in [-0.1, -0.05) is 19.4 Å². The number of carbonyl (C=O) groups excluding carboxylic acids is 1. The van der Waals surface area contributed by atoms with Gasteiger partial charge in [-0.3, -0.25) is 0 Å². The van der Waals surface area contributed by atoms with E-state index < -0.39 is 0 Å². The average Bonchev–Trinajstić information content (AvgIpc) is 2.86. The van der Waals surface area contributed by atoms with Crippen molar-refractivity contribution in [3.05, 3.63) is 29.3 Å². The summed E-state index contributed by atoms with van der Waals surface area (Å²) in [5.41, 5.74) is 3.38. The monoisotopic (exact) mass is 263 g/mol. The lowest BCUT2D eigenvalue weighted by atomic mass is 10.1. The van der Waals surface area contributed by atoms with Crippen LogP contribution in [0, 0.1) is 0 Å². The zero-order valence-corrected chi connectivity index (χ0v) is 11.6. The minimum absolute atomic E-state index is 0.180. The van der Waals surface area contributed by atoms with Crippen LogP contribution in [-0.4, -0.2) is 18.6 Å². The van der Waals surface area contributed by atoms with Gasteiger partial charge >= 0.3 is 5.97 Å². The molecule has 4 heteroatoms. The van der Waals surface area contributed by atoms with E-state index in [4.69, 9.17) is 9.47 Å². The van der Waals surface area contributed by atoms with E-state index >= 15 is 0 Å². The van der Waals surface area contributed by atoms with Crippen LogP contribution < -0.4 is 5.32 Å². The molecule has 104 valence electrons. The fourth-order valence-electron chi connectivity index (χ4n) is 2.24. The zero-order chi connectivity index (χ0) is 13.7. The van der Waals surface area contributed by atoms with E-state index in [9.17, 15) is 4.79 Å². The van der Waals surface area contributed by atoms with Crippen LogP contribution in [0.15, 0.2) is 18.2 Å². The summed E-state index contributed by atoms with van der Waals surface area (Å²) in [6.07, 6.45) is 1.71. The summed E-state index contributed by atoms with van der Waals surface area (Å²) in [7, 11) is 0. The van der Waals surface area contributed by atoms with Gasteiger partial charge in [-0.15, -0.1) is 0 Å². The summed E-state index contributed by atoms with van der Waals surface area (Å²) < 4.78 is 10.5. The number of anilines is 1. The van der Waals surface area contributed by atoms with Gasteiger partial charge in [0.25, 0.3) is 0 Å². The Hall–Kier alpha value is -1.55. The predicted octanol–water partition coefficient (Wildman–Crippen LogP) is 2.86. The lowest BCUT2D eigenvalue weighted by Crippen LogP contribution is -2.31. The Balaban J connectivity index is 2.06. The standard InChI is InChI=1S/C15H21NO3/c1-3-5-14(15(17)19-4-2)16-13-7-6-11-9-18-10-12(11)8-13/h6-8,14,16H,3-5,9-10H2,1-2H3. The molecule has 1 aliphatic rings. The molecule has 19 heavy (non-hydrogen) atoms. The molecule has 0 bridgehead atoms. The summed E-state index contributed by atoms with van der Waals surface area (Å²) >= 11 is 0. The van der Waals surface area contributed by atoms with Gasteiger partial charge in [0.2, 0.25) is 0 Å². The van der Waals surface area contributed by atoms with Crippen LogP contribution in [0.1, 0.15) is 37.8 Å². The Labute approximate surface area is 114 Å². The second kappa shape index (κ2) is 6.57. The molecule has 0 spiro atoms. The number of ether oxygens (including phenoxy) is 2. The highest BCUT2D eigenvalue weighted by atomic mass is 16.5. The van der Waals surface area contributed by atoms with Crippen molar-refractivity contribution < 1.29 is 14.3 Å². The number of rotatable bonds is 6. The van der Waals surface area contributed by atoms with Gasteiger partial charge in [0.1, 0.15) is 6.04 Å². The number of esters is 1. The van der Waals surface area contributed by atoms with Crippen LogP contribution in [0.2, 0.25) is 0 Å². The number of nitrogens with one attached hydrogen (secondary N) is 1. The normalized spacial score (nSPS) is 14.8. The smallest absolute Gasteiger partial charge is 0.328 e. The average molecular weight is 263 g/mol. The maximum Gasteiger partial charge on any atom is 0.328 e. The second-order valence-corrected chi connectivity index (χ2v) is 4.71. The first kappa shape index (κ1) is 13.9. The molecule has 1 aliphatic heterocycles. The lowest BCUT2D eigenvalue weighted by Gasteiger charge is -2.18. The summed E-state index contributed by atoms with van der Waals surface area (Å²) in [4.78, 5) is 11.9. The Kier molecular flexibility index (Phi) is 4.80. The molecule has 4 nitrogen and oxygen atoms in total. The van der Waals surface area contributed by atoms with Crippen molar-refractivity contribution in [2.24, 2.45) is 0 Å². The molecule has 0 aromatic heterocycles. The molecule has 1 aromatic rings. The highest BCUT2D eigenvalue weighted by Gasteiger charge is 2.19. The molecule has 0 radical (unpaired) electrons. The lowest BCUT2D eigenvalue weighted by molar-refractivity contribution is -0.144. The number of benzene rings is 1. The minimum atomic E-state index is -0.273. The molecule has 1 aromatic carbocycles. The Bertz CT molecular complexity index is 445. The van der Waals surface area contributed by atoms with Gasteiger partial charge in [0.15, 0.2) is 0 Å². The van der Waals surface area contributed by atoms with E-state index in [1.165, 1.54) is 11.1 Å². The van der Waals surface area contributed by atoms with E-state index in [2.05, 4.69) is 24.4 Å². The Morgan fingerprint density at radius 2 is 2.16 bits per heavy atom. The van der Waals surface area contributed by atoms with Crippen LogP contribution >= 0.6 is 0 Å². The Morgan fingerprint density at radius 1 is 1.37 bits per heavy atom. The largest absolute Gasteiger partial charge is 0.464 e. The quantitative estimate of drug-likeness (QED) is 0.802. The van der Waals surface area contributed by atoms with Crippen LogP contribution in [0.3, 0.4) is 0 Å². The third kappa shape index (κ3) is 3.47. The van der Waals surface area contributed by atoms with Crippen LogP contribution in [0.5, 0.6) is 0 Å². The number of hydrogen-bond donors (Lipinski definition) is 1. The summed E-state index contributed by atoms with van der Waals surface area (Å²) in [5, 5.41) is 3.26. The Morgan fingerprint density at radius 3 is 2.89 bits per heavy atom. The molecule has 0 saturated heterocycles. The number of hydrogen-bond acceptors (Lipinski definition) is 4. The van der Waals surface area contributed by atoms with Gasteiger partial charge in [0, 0.05) is 5.69 Å². The van der Waals surface area contributed by atoms with Crippen LogP contribution in [-0.2, 0) is 27.5 Å². The van der Waals surface area contributed by atoms with Crippen molar-refractivity contribution in [3.8, 4) is 0 Å². The molecule has 0 fully saturated rings.